The van der Waals surface area contributed by atoms with Gasteiger partial charge in [-0.2, -0.15) is 0 Å². The number of nitrogens with one attached hydrogen (secondary N) is 2. The number of halogens is 2. The van der Waals surface area contributed by atoms with E-state index in [9.17, 15) is 4.79 Å². The monoisotopic (exact) mass is 448 g/mol. The first kappa shape index (κ1) is 21.3. The Labute approximate surface area is 186 Å². The van der Waals surface area contributed by atoms with Gasteiger partial charge >= 0.3 is 0 Å². The van der Waals surface area contributed by atoms with E-state index >= 15 is 0 Å². The van der Waals surface area contributed by atoms with Crippen molar-refractivity contribution < 1.29 is 9.53 Å². The lowest BCUT2D eigenvalue weighted by atomic mass is 10.0. The zero-order valence-corrected chi connectivity index (χ0v) is 18.3. The molecule has 2 aromatic heterocycles. The molecule has 1 aliphatic carbocycles. The van der Waals surface area contributed by atoms with E-state index < -0.39 is 0 Å². The maximum atomic E-state index is 12.5. The van der Waals surface area contributed by atoms with Gasteiger partial charge in [-0.05, 0) is 49.8 Å². The quantitative estimate of drug-likeness (QED) is 0.616. The number of anilines is 2. The standard InChI is InChI=1S/C22H26Cl2N4O2/c23-17-5-6-19(25-12-14-7-9-30-10-8-14)27-21(17)16-11-20(26-13-18(16)24)28-22(29)15-3-1-2-4-15/h5-6,11,13-15H,1-4,7-10,12H2,(H,25,27)(H,26,28,29). The maximum absolute atomic E-state index is 12.5. The van der Waals surface area contributed by atoms with Crippen LogP contribution >= 0.6 is 23.2 Å². The summed E-state index contributed by atoms with van der Waals surface area (Å²) in [4.78, 5) is 21.4. The van der Waals surface area contributed by atoms with Gasteiger partial charge in [0, 0.05) is 37.4 Å². The predicted molar refractivity (Wildman–Crippen MR) is 120 cm³/mol. The van der Waals surface area contributed by atoms with Crippen LogP contribution in [0.2, 0.25) is 10.0 Å². The van der Waals surface area contributed by atoms with Crippen molar-refractivity contribution in [2.75, 3.05) is 30.4 Å². The van der Waals surface area contributed by atoms with Crippen LogP contribution in [0.15, 0.2) is 24.4 Å². The molecule has 0 radical (unpaired) electrons. The van der Waals surface area contributed by atoms with E-state index in [1.165, 1.54) is 6.20 Å². The zero-order valence-electron chi connectivity index (χ0n) is 16.8. The van der Waals surface area contributed by atoms with Gasteiger partial charge in [0.1, 0.15) is 11.6 Å². The number of pyridine rings is 2. The Morgan fingerprint density at radius 2 is 1.83 bits per heavy atom. The Morgan fingerprint density at radius 3 is 2.60 bits per heavy atom. The fourth-order valence-electron chi connectivity index (χ4n) is 4.03. The first-order chi connectivity index (χ1) is 14.6. The molecule has 0 bridgehead atoms. The molecule has 2 N–H and O–H groups in total. The summed E-state index contributed by atoms with van der Waals surface area (Å²) in [6.07, 6.45) is 7.69. The zero-order chi connectivity index (χ0) is 20.9. The molecule has 2 aliphatic rings. The molecule has 1 saturated carbocycles. The Balaban J connectivity index is 1.51. The number of rotatable bonds is 6. The average Bonchev–Trinajstić information content (AvgIpc) is 3.31. The summed E-state index contributed by atoms with van der Waals surface area (Å²) in [5, 5.41) is 7.25. The molecule has 1 amide bonds. The molecule has 160 valence electrons. The van der Waals surface area contributed by atoms with Gasteiger partial charge in [-0.3, -0.25) is 4.79 Å². The maximum Gasteiger partial charge on any atom is 0.228 e. The molecule has 1 aliphatic heterocycles. The number of carbonyl (C=O) groups is 1. The van der Waals surface area contributed by atoms with Crippen molar-refractivity contribution in [1.29, 1.82) is 0 Å². The summed E-state index contributed by atoms with van der Waals surface area (Å²) in [5.41, 5.74) is 1.21. The lowest BCUT2D eigenvalue weighted by molar-refractivity contribution is -0.119. The van der Waals surface area contributed by atoms with Crippen LogP contribution < -0.4 is 10.6 Å². The molecular formula is C22H26Cl2N4O2. The number of amides is 1. The summed E-state index contributed by atoms with van der Waals surface area (Å²) < 4.78 is 5.42. The summed E-state index contributed by atoms with van der Waals surface area (Å²) in [6.45, 7) is 2.46. The van der Waals surface area contributed by atoms with Gasteiger partial charge in [0.25, 0.3) is 0 Å². The van der Waals surface area contributed by atoms with Crippen molar-refractivity contribution in [2.45, 2.75) is 38.5 Å². The van der Waals surface area contributed by atoms with Gasteiger partial charge in [0.05, 0.1) is 15.7 Å². The third-order valence-corrected chi connectivity index (χ3v) is 6.45. The minimum atomic E-state index is 0.0132. The minimum absolute atomic E-state index is 0.0132. The number of hydrogen-bond donors (Lipinski definition) is 2. The first-order valence-electron chi connectivity index (χ1n) is 10.5. The van der Waals surface area contributed by atoms with Crippen LogP contribution in [-0.4, -0.2) is 35.6 Å². The molecule has 0 unspecified atom stereocenters. The van der Waals surface area contributed by atoms with E-state index in [0.717, 1.165) is 64.1 Å². The molecule has 0 spiro atoms. The Hall–Kier alpha value is -1.89. The second-order valence-electron chi connectivity index (χ2n) is 7.98. The third kappa shape index (κ3) is 5.23. The summed E-state index contributed by atoms with van der Waals surface area (Å²) >= 11 is 12.8. The van der Waals surface area contributed by atoms with E-state index in [1.54, 1.807) is 6.07 Å². The third-order valence-electron chi connectivity index (χ3n) is 5.85. The molecule has 4 rings (SSSR count). The lowest BCUT2D eigenvalue weighted by Gasteiger charge is -2.22. The van der Waals surface area contributed by atoms with Gasteiger partial charge in [-0.1, -0.05) is 36.0 Å². The van der Waals surface area contributed by atoms with Crippen molar-refractivity contribution >= 4 is 40.7 Å². The Bertz CT molecular complexity index is 897. The van der Waals surface area contributed by atoms with Crippen molar-refractivity contribution in [3.63, 3.8) is 0 Å². The van der Waals surface area contributed by atoms with E-state index in [2.05, 4.69) is 20.6 Å². The summed E-state index contributed by atoms with van der Waals surface area (Å²) in [7, 11) is 0. The van der Waals surface area contributed by atoms with Crippen LogP contribution in [-0.2, 0) is 9.53 Å². The number of hydrogen-bond acceptors (Lipinski definition) is 5. The normalized spacial score (nSPS) is 17.8. The van der Waals surface area contributed by atoms with Gasteiger partial charge in [0.2, 0.25) is 5.91 Å². The first-order valence-corrected chi connectivity index (χ1v) is 11.3. The van der Waals surface area contributed by atoms with E-state index in [1.807, 2.05) is 12.1 Å². The van der Waals surface area contributed by atoms with Crippen molar-refractivity contribution in [2.24, 2.45) is 11.8 Å². The summed E-state index contributed by atoms with van der Waals surface area (Å²) in [5.74, 6) is 1.85. The van der Waals surface area contributed by atoms with Crippen molar-refractivity contribution in [3.05, 3.63) is 34.4 Å². The molecule has 2 fully saturated rings. The van der Waals surface area contributed by atoms with E-state index in [-0.39, 0.29) is 11.8 Å². The van der Waals surface area contributed by atoms with Crippen LogP contribution in [0.1, 0.15) is 38.5 Å². The Kier molecular flexibility index (Phi) is 7.08. The smallest absolute Gasteiger partial charge is 0.228 e. The fraction of sp³-hybridized carbons (Fsp3) is 0.500. The van der Waals surface area contributed by atoms with E-state index in [4.69, 9.17) is 27.9 Å². The highest BCUT2D eigenvalue weighted by molar-refractivity contribution is 6.36. The Morgan fingerprint density at radius 1 is 1.07 bits per heavy atom. The highest BCUT2D eigenvalue weighted by Gasteiger charge is 2.23. The van der Waals surface area contributed by atoms with Crippen molar-refractivity contribution in [3.8, 4) is 11.3 Å². The van der Waals surface area contributed by atoms with Crippen molar-refractivity contribution in [1.82, 2.24) is 9.97 Å². The summed E-state index contributed by atoms with van der Waals surface area (Å²) in [6, 6.07) is 5.42. The number of nitrogens with zero attached hydrogens (tertiary/aromatic N) is 2. The molecule has 2 aromatic rings. The van der Waals surface area contributed by atoms with Crippen LogP contribution in [0.25, 0.3) is 11.3 Å². The molecule has 0 atom stereocenters. The molecule has 30 heavy (non-hydrogen) atoms. The highest BCUT2D eigenvalue weighted by atomic mass is 35.5. The number of aromatic nitrogens is 2. The molecule has 6 nitrogen and oxygen atoms in total. The van der Waals surface area contributed by atoms with Crippen LogP contribution in [0.5, 0.6) is 0 Å². The predicted octanol–water partition coefficient (Wildman–Crippen LogP) is 5.42. The molecule has 8 heteroatoms. The SMILES string of the molecule is O=C(Nc1cc(-c2nc(NCC3CCOCC3)ccc2Cl)c(Cl)cn1)C1CCCC1. The second kappa shape index (κ2) is 9.94. The topological polar surface area (TPSA) is 76.1 Å². The average molecular weight is 449 g/mol. The molecule has 3 heterocycles. The fourth-order valence-corrected chi connectivity index (χ4v) is 4.43. The van der Waals surface area contributed by atoms with Crippen LogP contribution in [0, 0.1) is 11.8 Å². The number of ether oxygens (including phenoxy) is 1. The van der Waals surface area contributed by atoms with E-state index in [0.29, 0.717) is 33.0 Å². The van der Waals surface area contributed by atoms with Crippen LogP contribution in [0.3, 0.4) is 0 Å². The highest BCUT2D eigenvalue weighted by Crippen LogP contribution is 2.34. The lowest BCUT2D eigenvalue weighted by Crippen LogP contribution is -2.23. The molecule has 0 aromatic carbocycles. The van der Waals surface area contributed by atoms with Gasteiger partial charge in [0.15, 0.2) is 0 Å². The van der Waals surface area contributed by atoms with Crippen LogP contribution in [0.4, 0.5) is 11.6 Å². The van der Waals surface area contributed by atoms with Gasteiger partial charge < -0.3 is 15.4 Å². The molecule has 1 saturated heterocycles. The molecular weight excluding hydrogens is 423 g/mol. The van der Waals surface area contributed by atoms with Gasteiger partial charge in [-0.25, -0.2) is 9.97 Å². The minimum Gasteiger partial charge on any atom is -0.381 e. The van der Waals surface area contributed by atoms with Gasteiger partial charge in [-0.15, -0.1) is 0 Å². The largest absolute Gasteiger partial charge is 0.381 e. The second-order valence-corrected chi connectivity index (χ2v) is 8.80. The number of carbonyl (C=O) groups excluding carboxylic acids is 1.